The Bertz CT molecular complexity index is 400. The number of ether oxygens (including phenoxy) is 3. The van der Waals surface area contributed by atoms with Gasteiger partial charge in [0.05, 0.1) is 20.8 Å². The van der Waals surface area contributed by atoms with Gasteiger partial charge in [0.2, 0.25) is 0 Å². The van der Waals surface area contributed by atoms with E-state index in [9.17, 15) is 0 Å². The summed E-state index contributed by atoms with van der Waals surface area (Å²) in [4.78, 5) is 0. The lowest BCUT2D eigenvalue weighted by atomic mass is 9.98. The Morgan fingerprint density at radius 1 is 1.22 bits per heavy atom. The first-order valence-corrected chi connectivity index (χ1v) is 6.28. The molecule has 1 N–H and O–H groups in total. The Balaban J connectivity index is 2.44. The van der Waals surface area contributed by atoms with Crippen molar-refractivity contribution in [1.29, 1.82) is 0 Å². The maximum absolute atomic E-state index is 5.49. The normalized spacial score (nSPS) is 18.9. The van der Waals surface area contributed by atoms with E-state index in [0.29, 0.717) is 12.6 Å². The number of hydrogen-bond acceptors (Lipinski definition) is 4. The molecule has 18 heavy (non-hydrogen) atoms. The van der Waals surface area contributed by atoms with E-state index in [0.717, 1.165) is 30.0 Å². The first-order valence-electron chi connectivity index (χ1n) is 6.28. The predicted molar refractivity (Wildman–Crippen MR) is 70.2 cm³/mol. The highest BCUT2D eigenvalue weighted by Crippen LogP contribution is 2.38. The second-order valence-corrected chi connectivity index (χ2v) is 4.45. The summed E-state index contributed by atoms with van der Waals surface area (Å²) in [5, 5.41) is 3.51. The van der Waals surface area contributed by atoms with Gasteiger partial charge in [0.25, 0.3) is 0 Å². The largest absolute Gasteiger partial charge is 0.493 e. The van der Waals surface area contributed by atoms with E-state index in [1.54, 1.807) is 21.3 Å². The first-order chi connectivity index (χ1) is 8.81. The van der Waals surface area contributed by atoms with Crippen LogP contribution in [0.1, 0.15) is 30.0 Å². The van der Waals surface area contributed by atoms with Crippen molar-refractivity contribution in [2.75, 3.05) is 27.9 Å². The summed E-state index contributed by atoms with van der Waals surface area (Å²) in [6, 6.07) is 4.47. The van der Waals surface area contributed by atoms with Gasteiger partial charge in [0.15, 0.2) is 11.5 Å². The summed E-state index contributed by atoms with van der Waals surface area (Å²) < 4.78 is 16.1. The molecule has 0 aliphatic carbocycles. The highest BCUT2D eigenvalue weighted by atomic mass is 16.5. The van der Waals surface area contributed by atoms with Gasteiger partial charge >= 0.3 is 0 Å². The van der Waals surface area contributed by atoms with Crippen LogP contribution >= 0.6 is 0 Å². The third kappa shape index (κ3) is 2.44. The van der Waals surface area contributed by atoms with Crippen LogP contribution in [-0.4, -0.2) is 27.9 Å². The zero-order valence-electron chi connectivity index (χ0n) is 11.3. The highest BCUT2D eigenvalue weighted by Gasteiger charge is 2.23. The molecule has 1 fully saturated rings. The summed E-state index contributed by atoms with van der Waals surface area (Å²) in [6.45, 7) is 1.61. The maximum atomic E-state index is 5.49. The van der Waals surface area contributed by atoms with Gasteiger partial charge in [-0.1, -0.05) is 6.07 Å². The molecular weight excluding hydrogens is 230 g/mol. The van der Waals surface area contributed by atoms with Crippen LogP contribution in [-0.2, 0) is 11.3 Å². The second kappa shape index (κ2) is 6.07. The molecule has 4 nitrogen and oxygen atoms in total. The molecule has 1 aromatic rings. The van der Waals surface area contributed by atoms with Crippen LogP contribution in [0.15, 0.2) is 12.1 Å². The van der Waals surface area contributed by atoms with Crippen molar-refractivity contribution in [3.05, 3.63) is 23.3 Å². The summed E-state index contributed by atoms with van der Waals surface area (Å²) in [7, 11) is 5.02. The van der Waals surface area contributed by atoms with Crippen LogP contribution in [0.5, 0.6) is 11.5 Å². The lowest BCUT2D eigenvalue weighted by Gasteiger charge is -2.20. The van der Waals surface area contributed by atoms with Crippen LogP contribution in [0.2, 0.25) is 0 Å². The molecule has 0 aromatic heterocycles. The van der Waals surface area contributed by atoms with Gasteiger partial charge in [0.1, 0.15) is 0 Å². The van der Waals surface area contributed by atoms with Gasteiger partial charge in [-0.2, -0.15) is 0 Å². The minimum atomic E-state index is 0.398. The number of rotatable bonds is 5. The van der Waals surface area contributed by atoms with Gasteiger partial charge in [0, 0.05) is 18.7 Å². The molecule has 100 valence electrons. The zero-order valence-corrected chi connectivity index (χ0v) is 11.3. The smallest absolute Gasteiger partial charge is 0.166 e. The Hall–Kier alpha value is -1.26. The molecule has 4 heteroatoms. The van der Waals surface area contributed by atoms with Gasteiger partial charge in [-0.25, -0.2) is 0 Å². The summed E-state index contributed by atoms with van der Waals surface area (Å²) >= 11 is 0. The van der Waals surface area contributed by atoms with Crippen molar-refractivity contribution in [2.24, 2.45) is 0 Å². The lowest BCUT2D eigenvalue weighted by molar-refractivity contribution is 0.179. The van der Waals surface area contributed by atoms with E-state index in [1.807, 2.05) is 6.07 Å². The quantitative estimate of drug-likeness (QED) is 0.871. The average Bonchev–Trinajstić information content (AvgIpc) is 2.92. The van der Waals surface area contributed by atoms with E-state index < -0.39 is 0 Å². The third-order valence-electron chi connectivity index (χ3n) is 3.41. The second-order valence-electron chi connectivity index (χ2n) is 4.45. The lowest BCUT2D eigenvalue weighted by Crippen LogP contribution is -2.15. The van der Waals surface area contributed by atoms with E-state index >= 15 is 0 Å². The van der Waals surface area contributed by atoms with Crippen molar-refractivity contribution >= 4 is 0 Å². The SMILES string of the molecule is COCc1c(C2CCCN2)ccc(OC)c1OC. The van der Waals surface area contributed by atoms with E-state index in [-0.39, 0.29) is 0 Å². The monoisotopic (exact) mass is 251 g/mol. The van der Waals surface area contributed by atoms with E-state index in [1.165, 1.54) is 12.0 Å². The van der Waals surface area contributed by atoms with Gasteiger partial charge in [-0.15, -0.1) is 0 Å². The number of methoxy groups -OCH3 is 3. The highest BCUT2D eigenvalue weighted by molar-refractivity contribution is 5.51. The predicted octanol–water partition coefficient (Wildman–Crippen LogP) is 2.27. The molecule has 0 spiro atoms. The average molecular weight is 251 g/mol. The van der Waals surface area contributed by atoms with Crippen LogP contribution in [0.3, 0.4) is 0 Å². The molecule has 1 unspecified atom stereocenters. The minimum absolute atomic E-state index is 0.398. The van der Waals surface area contributed by atoms with Crippen molar-refractivity contribution in [2.45, 2.75) is 25.5 Å². The Labute approximate surface area is 108 Å². The van der Waals surface area contributed by atoms with E-state index in [4.69, 9.17) is 14.2 Å². The van der Waals surface area contributed by atoms with Crippen molar-refractivity contribution in [3.8, 4) is 11.5 Å². The molecule has 1 aliphatic rings. The Morgan fingerprint density at radius 3 is 2.61 bits per heavy atom. The van der Waals surface area contributed by atoms with Gasteiger partial charge < -0.3 is 19.5 Å². The van der Waals surface area contributed by atoms with Crippen LogP contribution in [0.25, 0.3) is 0 Å². The maximum Gasteiger partial charge on any atom is 0.166 e. The molecule has 1 heterocycles. The molecule has 1 atom stereocenters. The fourth-order valence-corrected chi connectivity index (χ4v) is 2.58. The van der Waals surface area contributed by atoms with Crippen LogP contribution in [0, 0.1) is 0 Å². The van der Waals surface area contributed by atoms with Gasteiger partial charge in [-0.3, -0.25) is 0 Å². The zero-order chi connectivity index (χ0) is 13.0. The topological polar surface area (TPSA) is 39.7 Å². The molecule has 0 saturated carbocycles. The molecule has 1 aromatic carbocycles. The van der Waals surface area contributed by atoms with Crippen molar-refractivity contribution < 1.29 is 14.2 Å². The first kappa shape index (κ1) is 13.2. The Kier molecular flexibility index (Phi) is 4.44. The molecule has 1 saturated heterocycles. The fourth-order valence-electron chi connectivity index (χ4n) is 2.58. The summed E-state index contributed by atoms with van der Waals surface area (Å²) in [5.41, 5.74) is 2.34. The summed E-state index contributed by atoms with van der Waals surface area (Å²) in [5.74, 6) is 1.54. The van der Waals surface area contributed by atoms with Crippen LogP contribution < -0.4 is 14.8 Å². The van der Waals surface area contributed by atoms with Gasteiger partial charge in [-0.05, 0) is 31.0 Å². The molecule has 0 radical (unpaired) electrons. The third-order valence-corrected chi connectivity index (χ3v) is 3.41. The van der Waals surface area contributed by atoms with Crippen molar-refractivity contribution in [3.63, 3.8) is 0 Å². The number of nitrogens with one attached hydrogen (secondary N) is 1. The number of hydrogen-bond donors (Lipinski definition) is 1. The standard InChI is InChI=1S/C14H21NO3/c1-16-9-11-10(12-5-4-8-15-12)6-7-13(17-2)14(11)18-3/h6-7,12,15H,4-5,8-9H2,1-3H3. The minimum Gasteiger partial charge on any atom is -0.493 e. The van der Waals surface area contributed by atoms with Crippen molar-refractivity contribution in [1.82, 2.24) is 5.32 Å². The molecule has 0 amide bonds. The summed E-state index contributed by atoms with van der Waals surface area (Å²) in [6.07, 6.45) is 2.37. The molecule has 0 bridgehead atoms. The molecule has 2 rings (SSSR count). The Morgan fingerprint density at radius 2 is 2.06 bits per heavy atom. The molecular formula is C14H21NO3. The number of benzene rings is 1. The molecule has 1 aliphatic heterocycles. The van der Waals surface area contributed by atoms with E-state index in [2.05, 4.69) is 11.4 Å². The van der Waals surface area contributed by atoms with Crippen LogP contribution in [0.4, 0.5) is 0 Å². The fraction of sp³-hybridized carbons (Fsp3) is 0.571.